The Labute approximate surface area is 113 Å². The molecule has 0 saturated carbocycles. The summed E-state index contributed by atoms with van der Waals surface area (Å²) in [4.78, 5) is 14.2. The van der Waals surface area contributed by atoms with Crippen molar-refractivity contribution in [2.75, 3.05) is 26.7 Å². The number of ether oxygens (including phenoxy) is 1. The van der Waals surface area contributed by atoms with Crippen LogP contribution in [0.5, 0.6) is 0 Å². The van der Waals surface area contributed by atoms with Crippen molar-refractivity contribution in [2.24, 2.45) is 5.73 Å². The second-order valence-corrected chi connectivity index (χ2v) is 4.48. The Morgan fingerprint density at radius 2 is 2.42 bits per heavy atom. The van der Waals surface area contributed by atoms with E-state index in [2.05, 4.69) is 11.8 Å². The maximum absolute atomic E-state index is 12.3. The first-order valence-corrected chi connectivity index (χ1v) is 6.35. The van der Waals surface area contributed by atoms with Crippen molar-refractivity contribution in [1.82, 2.24) is 4.90 Å². The molecule has 0 spiro atoms. The second kappa shape index (κ2) is 6.37. The quantitative estimate of drug-likeness (QED) is 0.800. The van der Waals surface area contributed by atoms with Gasteiger partial charge < -0.3 is 15.4 Å². The number of benzene rings is 1. The number of methoxy groups -OCH3 is 1. The lowest BCUT2D eigenvalue weighted by molar-refractivity contribution is 0.0724. The van der Waals surface area contributed by atoms with E-state index < -0.39 is 0 Å². The molecule has 1 aliphatic rings. The van der Waals surface area contributed by atoms with E-state index in [0.717, 1.165) is 18.5 Å². The van der Waals surface area contributed by atoms with Crippen molar-refractivity contribution in [1.29, 1.82) is 0 Å². The molecule has 2 rings (SSSR count). The highest BCUT2D eigenvalue weighted by atomic mass is 16.5. The van der Waals surface area contributed by atoms with Crippen molar-refractivity contribution >= 4 is 5.91 Å². The summed E-state index contributed by atoms with van der Waals surface area (Å²) in [5, 5.41) is 0. The number of hydrogen-bond acceptors (Lipinski definition) is 3. The number of carbonyl (C=O) groups is 1. The van der Waals surface area contributed by atoms with Crippen molar-refractivity contribution in [3.63, 3.8) is 0 Å². The van der Waals surface area contributed by atoms with E-state index in [9.17, 15) is 4.79 Å². The zero-order valence-electron chi connectivity index (χ0n) is 11.1. The minimum absolute atomic E-state index is 0.0379. The van der Waals surface area contributed by atoms with Gasteiger partial charge in [-0.3, -0.25) is 4.79 Å². The molecule has 1 saturated heterocycles. The third-order valence-corrected chi connectivity index (χ3v) is 3.21. The predicted octanol–water partition coefficient (Wildman–Crippen LogP) is 0.858. The molecule has 0 radical (unpaired) electrons. The number of carbonyl (C=O) groups excluding carboxylic acids is 1. The number of nitrogens with zero attached hydrogens (tertiary/aromatic N) is 1. The Morgan fingerprint density at radius 1 is 1.58 bits per heavy atom. The molecule has 1 fully saturated rings. The molecular weight excluding hydrogens is 240 g/mol. The Hall–Kier alpha value is -1.83. The van der Waals surface area contributed by atoms with Gasteiger partial charge in [0.15, 0.2) is 0 Å². The van der Waals surface area contributed by atoms with Crippen molar-refractivity contribution in [3.05, 3.63) is 35.4 Å². The number of likely N-dealkylation sites (tertiary alicyclic amines) is 1. The van der Waals surface area contributed by atoms with Crippen LogP contribution in [0.1, 0.15) is 22.3 Å². The number of amides is 1. The van der Waals surface area contributed by atoms with Gasteiger partial charge in [0, 0.05) is 31.3 Å². The van der Waals surface area contributed by atoms with E-state index in [4.69, 9.17) is 10.5 Å². The van der Waals surface area contributed by atoms with Gasteiger partial charge in [0.25, 0.3) is 5.91 Å². The van der Waals surface area contributed by atoms with Crippen LogP contribution in [-0.2, 0) is 4.74 Å². The normalized spacial score (nSPS) is 18.0. The summed E-state index contributed by atoms with van der Waals surface area (Å²) in [5.41, 5.74) is 6.83. The topological polar surface area (TPSA) is 55.6 Å². The van der Waals surface area contributed by atoms with E-state index >= 15 is 0 Å². The maximum atomic E-state index is 12.3. The van der Waals surface area contributed by atoms with Crippen LogP contribution in [0.2, 0.25) is 0 Å². The summed E-state index contributed by atoms with van der Waals surface area (Å²) in [6.45, 7) is 1.73. The summed E-state index contributed by atoms with van der Waals surface area (Å²) in [6.07, 6.45) is 1.05. The molecule has 1 aliphatic heterocycles. The van der Waals surface area contributed by atoms with Gasteiger partial charge in [-0.1, -0.05) is 17.9 Å². The standard InChI is InChI=1S/C15H18N2O2/c1-19-14-7-9-17(11-14)15(18)13-6-2-4-12(10-13)5-3-8-16/h2,4,6,10,14H,7-9,11,16H2,1H3. The summed E-state index contributed by atoms with van der Waals surface area (Å²) in [7, 11) is 1.68. The van der Waals surface area contributed by atoms with Gasteiger partial charge in [-0.05, 0) is 24.6 Å². The molecule has 1 heterocycles. The van der Waals surface area contributed by atoms with Crippen LogP contribution in [0.3, 0.4) is 0 Å². The van der Waals surface area contributed by atoms with Crippen LogP contribution in [-0.4, -0.2) is 43.7 Å². The minimum atomic E-state index is 0.0379. The zero-order chi connectivity index (χ0) is 13.7. The molecule has 1 unspecified atom stereocenters. The smallest absolute Gasteiger partial charge is 0.253 e. The molecule has 19 heavy (non-hydrogen) atoms. The highest BCUT2D eigenvalue weighted by Crippen LogP contribution is 2.16. The van der Waals surface area contributed by atoms with E-state index in [1.807, 2.05) is 29.2 Å². The first-order valence-electron chi connectivity index (χ1n) is 6.35. The number of nitrogens with two attached hydrogens (primary N) is 1. The highest BCUT2D eigenvalue weighted by Gasteiger charge is 2.26. The molecule has 1 aromatic carbocycles. The van der Waals surface area contributed by atoms with E-state index in [-0.39, 0.29) is 12.0 Å². The fourth-order valence-corrected chi connectivity index (χ4v) is 2.17. The average Bonchev–Trinajstić information content (AvgIpc) is 2.93. The van der Waals surface area contributed by atoms with Crippen LogP contribution in [0, 0.1) is 11.8 Å². The Morgan fingerprint density at radius 3 is 3.11 bits per heavy atom. The molecular formula is C15H18N2O2. The Bertz CT molecular complexity index is 516. The Balaban J connectivity index is 2.11. The zero-order valence-corrected chi connectivity index (χ0v) is 11.1. The van der Waals surface area contributed by atoms with Gasteiger partial charge in [-0.15, -0.1) is 0 Å². The molecule has 0 aliphatic carbocycles. The molecule has 100 valence electrons. The molecule has 4 nitrogen and oxygen atoms in total. The molecule has 0 aromatic heterocycles. The predicted molar refractivity (Wildman–Crippen MR) is 73.7 cm³/mol. The van der Waals surface area contributed by atoms with Gasteiger partial charge in [-0.25, -0.2) is 0 Å². The Kier molecular flexibility index (Phi) is 4.56. The molecule has 2 N–H and O–H groups in total. The summed E-state index contributed by atoms with van der Waals surface area (Å²) in [6, 6.07) is 7.35. The van der Waals surface area contributed by atoms with Crippen molar-refractivity contribution < 1.29 is 9.53 Å². The molecule has 4 heteroatoms. The summed E-state index contributed by atoms with van der Waals surface area (Å²) < 4.78 is 5.27. The van der Waals surface area contributed by atoms with Crippen LogP contribution >= 0.6 is 0 Å². The second-order valence-electron chi connectivity index (χ2n) is 4.48. The summed E-state index contributed by atoms with van der Waals surface area (Å²) in [5.74, 6) is 5.77. The minimum Gasteiger partial charge on any atom is -0.380 e. The fraction of sp³-hybridized carbons (Fsp3) is 0.400. The van der Waals surface area contributed by atoms with Crippen molar-refractivity contribution in [3.8, 4) is 11.8 Å². The van der Waals surface area contributed by atoms with Crippen molar-refractivity contribution in [2.45, 2.75) is 12.5 Å². The molecule has 1 atom stereocenters. The molecule has 1 aromatic rings. The van der Waals surface area contributed by atoms with E-state index in [1.165, 1.54) is 0 Å². The fourth-order valence-electron chi connectivity index (χ4n) is 2.17. The third-order valence-electron chi connectivity index (χ3n) is 3.21. The van der Waals surface area contributed by atoms with Gasteiger partial charge in [0.1, 0.15) is 0 Å². The largest absolute Gasteiger partial charge is 0.380 e. The van der Waals surface area contributed by atoms with Gasteiger partial charge in [-0.2, -0.15) is 0 Å². The SMILES string of the molecule is COC1CCN(C(=O)c2cccc(C#CCN)c2)C1. The van der Waals surface area contributed by atoms with Crippen LogP contribution < -0.4 is 5.73 Å². The average molecular weight is 258 g/mol. The molecule has 0 bridgehead atoms. The van der Waals surface area contributed by atoms with Crippen LogP contribution in [0.4, 0.5) is 0 Å². The first-order chi connectivity index (χ1) is 9.24. The monoisotopic (exact) mass is 258 g/mol. The van der Waals surface area contributed by atoms with Gasteiger partial charge >= 0.3 is 0 Å². The lowest BCUT2D eigenvalue weighted by atomic mass is 10.1. The molecule has 1 amide bonds. The van der Waals surface area contributed by atoms with Crippen LogP contribution in [0.15, 0.2) is 24.3 Å². The first kappa shape index (κ1) is 13.6. The van der Waals surface area contributed by atoms with Gasteiger partial charge in [0.05, 0.1) is 12.6 Å². The lowest BCUT2D eigenvalue weighted by Crippen LogP contribution is -2.29. The lowest BCUT2D eigenvalue weighted by Gasteiger charge is -2.16. The number of hydrogen-bond donors (Lipinski definition) is 1. The third kappa shape index (κ3) is 3.34. The number of rotatable bonds is 2. The van der Waals surface area contributed by atoms with E-state index in [0.29, 0.717) is 18.7 Å². The van der Waals surface area contributed by atoms with E-state index in [1.54, 1.807) is 7.11 Å². The summed E-state index contributed by atoms with van der Waals surface area (Å²) >= 11 is 0. The van der Waals surface area contributed by atoms with Crippen LogP contribution in [0.25, 0.3) is 0 Å². The van der Waals surface area contributed by atoms with Gasteiger partial charge in [0.2, 0.25) is 0 Å². The highest BCUT2D eigenvalue weighted by molar-refractivity contribution is 5.94. The maximum Gasteiger partial charge on any atom is 0.253 e.